The summed E-state index contributed by atoms with van der Waals surface area (Å²) in [6, 6.07) is 16.6. The van der Waals surface area contributed by atoms with Crippen LogP contribution in [0, 0.1) is 5.41 Å². The zero-order valence-corrected chi connectivity index (χ0v) is 22.7. The topological polar surface area (TPSA) is 105 Å². The Hall–Kier alpha value is -3.09. The number of hydrogen-bond acceptors (Lipinski definition) is 7. The normalized spacial score (nSPS) is 16.9. The Kier molecular flexibility index (Phi) is 7.40. The molecular weight excluding hydrogens is 507 g/mol. The van der Waals surface area contributed by atoms with Crippen molar-refractivity contribution in [3.05, 3.63) is 59.8 Å². The number of nitrogens with two attached hydrogens (primary N) is 1. The molecule has 0 unspecified atom stereocenters. The third-order valence-corrected chi connectivity index (χ3v) is 8.93. The van der Waals surface area contributed by atoms with Crippen molar-refractivity contribution in [3.8, 4) is 0 Å². The number of ether oxygens (including phenoxy) is 1. The van der Waals surface area contributed by atoms with Crippen LogP contribution in [0.1, 0.15) is 25.7 Å². The average Bonchev–Trinajstić information content (AvgIpc) is 2.86. The molecular formula is C27H32ClN6O2P. The quantitative estimate of drug-likeness (QED) is 0.325. The second-order valence-corrected chi connectivity index (χ2v) is 12.7. The second-order valence-electron chi connectivity index (χ2n) is 10.1. The highest BCUT2D eigenvalue weighted by Gasteiger charge is 2.47. The molecule has 2 heterocycles. The Balaban J connectivity index is 1.19. The molecule has 0 bridgehead atoms. The lowest BCUT2D eigenvalue weighted by Crippen LogP contribution is -2.50. The van der Waals surface area contributed by atoms with E-state index < -0.39 is 6.09 Å². The maximum atomic E-state index is 11.0. The van der Waals surface area contributed by atoms with Crippen molar-refractivity contribution < 1.29 is 9.53 Å². The van der Waals surface area contributed by atoms with E-state index in [0.717, 1.165) is 50.1 Å². The van der Waals surface area contributed by atoms with Crippen molar-refractivity contribution in [3.63, 3.8) is 0 Å². The van der Waals surface area contributed by atoms with E-state index in [1.54, 1.807) is 6.20 Å². The number of amides is 1. The second kappa shape index (κ2) is 10.7. The van der Waals surface area contributed by atoms with E-state index in [1.165, 1.54) is 11.0 Å². The molecule has 0 atom stereocenters. The van der Waals surface area contributed by atoms with Crippen LogP contribution in [0.15, 0.2) is 54.7 Å². The number of nitrogens with zero attached hydrogens (tertiary/aromatic N) is 3. The van der Waals surface area contributed by atoms with Crippen molar-refractivity contribution >= 4 is 59.7 Å². The van der Waals surface area contributed by atoms with Gasteiger partial charge in [-0.05, 0) is 80.1 Å². The minimum atomic E-state index is -0.667. The Morgan fingerprint density at radius 3 is 2.49 bits per heavy atom. The number of hydrogen-bond donors (Lipinski definition) is 3. The summed E-state index contributed by atoms with van der Waals surface area (Å²) in [5.41, 5.74) is 8.55. The van der Waals surface area contributed by atoms with Crippen molar-refractivity contribution in [2.24, 2.45) is 11.1 Å². The smallest absolute Gasteiger partial charge is 0.404 e. The summed E-state index contributed by atoms with van der Waals surface area (Å²) in [6.07, 6.45) is 4.98. The van der Waals surface area contributed by atoms with Crippen molar-refractivity contribution in [1.29, 1.82) is 0 Å². The van der Waals surface area contributed by atoms with Gasteiger partial charge >= 0.3 is 6.09 Å². The number of para-hydroxylation sites is 1. The van der Waals surface area contributed by atoms with Crippen LogP contribution in [-0.4, -0.2) is 48.6 Å². The summed E-state index contributed by atoms with van der Waals surface area (Å²) in [5, 5.41) is 8.40. The number of piperidine rings is 1. The molecule has 194 valence electrons. The van der Waals surface area contributed by atoms with E-state index in [-0.39, 0.29) is 14.0 Å². The molecule has 2 fully saturated rings. The largest absolute Gasteiger partial charge is 0.446 e. The molecule has 37 heavy (non-hydrogen) atoms. The molecule has 8 nitrogen and oxygen atoms in total. The molecule has 0 radical (unpaired) electrons. The van der Waals surface area contributed by atoms with Gasteiger partial charge in [0.05, 0.1) is 6.20 Å². The third kappa shape index (κ3) is 5.91. The van der Waals surface area contributed by atoms with Gasteiger partial charge in [-0.1, -0.05) is 37.7 Å². The lowest BCUT2D eigenvalue weighted by Gasteiger charge is -2.51. The summed E-state index contributed by atoms with van der Waals surface area (Å²) < 4.78 is 5.14. The maximum Gasteiger partial charge on any atom is 0.404 e. The number of benzene rings is 2. The molecule has 4 N–H and O–H groups in total. The van der Waals surface area contributed by atoms with Gasteiger partial charge in [-0.3, -0.25) is 0 Å². The molecule has 3 aromatic rings. The van der Waals surface area contributed by atoms with Crippen LogP contribution in [0.4, 0.5) is 33.6 Å². The van der Waals surface area contributed by atoms with Gasteiger partial charge in [0.2, 0.25) is 5.95 Å². The van der Waals surface area contributed by atoms with Crippen LogP contribution in [0.5, 0.6) is 0 Å². The predicted octanol–water partition coefficient (Wildman–Crippen LogP) is 5.83. The first-order valence-corrected chi connectivity index (χ1v) is 15.1. The van der Waals surface area contributed by atoms with E-state index in [4.69, 9.17) is 22.1 Å². The highest BCUT2D eigenvalue weighted by molar-refractivity contribution is 7.64. The number of carbonyl (C=O) groups excluding carboxylic acids is 1. The summed E-state index contributed by atoms with van der Waals surface area (Å²) in [7, 11) is -0.278. The summed E-state index contributed by atoms with van der Waals surface area (Å²) in [6.45, 7) is 6.43. The number of primary amides is 1. The summed E-state index contributed by atoms with van der Waals surface area (Å²) in [4.78, 5) is 22.4. The molecule has 1 spiro atoms. The molecule has 1 saturated heterocycles. The van der Waals surface area contributed by atoms with Gasteiger partial charge in [0.15, 0.2) is 5.82 Å². The van der Waals surface area contributed by atoms with Gasteiger partial charge < -0.3 is 26.0 Å². The molecule has 1 saturated carbocycles. The Labute approximate surface area is 223 Å². The number of anilines is 5. The lowest BCUT2D eigenvalue weighted by molar-refractivity contribution is -0.0521. The fourth-order valence-electron chi connectivity index (χ4n) is 5.30. The van der Waals surface area contributed by atoms with Gasteiger partial charge in [0.1, 0.15) is 11.1 Å². The fourth-order valence-corrected chi connectivity index (χ4v) is 6.43. The minimum Gasteiger partial charge on any atom is -0.446 e. The number of carbonyl (C=O) groups is 1. The molecule has 5 rings (SSSR count). The van der Waals surface area contributed by atoms with E-state index in [1.807, 2.05) is 30.3 Å². The van der Waals surface area contributed by atoms with Crippen LogP contribution in [0.25, 0.3) is 0 Å². The van der Waals surface area contributed by atoms with Crippen LogP contribution < -0.4 is 26.6 Å². The molecule has 1 aromatic heterocycles. The lowest BCUT2D eigenvalue weighted by atomic mass is 9.61. The standard InChI is InChI=1S/C27H32ClN6O2P/c1-37(2)23-6-4-3-5-22(23)32-24-21(28)17-30-26(33-24)31-18-7-9-19(10-8-18)34-13-11-27(12-14-34)15-20(16-27)36-25(29)35/h3-10,17,20H,11-16H2,1-2H3,(H2,29,35)(H2,30,31,32,33). The maximum absolute atomic E-state index is 11.0. The number of nitrogens with one attached hydrogen (secondary N) is 2. The molecule has 1 aliphatic heterocycles. The first-order valence-electron chi connectivity index (χ1n) is 12.4. The van der Waals surface area contributed by atoms with Crippen LogP contribution in [-0.2, 0) is 4.74 Å². The van der Waals surface area contributed by atoms with E-state index in [9.17, 15) is 4.79 Å². The zero-order valence-electron chi connectivity index (χ0n) is 21.1. The number of aromatic nitrogens is 2. The van der Waals surface area contributed by atoms with E-state index >= 15 is 0 Å². The van der Waals surface area contributed by atoms with E-state index in [0.29, 0.717) is 22.2 Å². The van der Waals surface area contributed by atoms with Crippen LogP contribution >= 0.6 is 19.5 Å². The van der Waals surface area contributed by atoms with Crippen molar-refractivity contribution in [2.45, 2.75) is 31.8 Å². The molecule has 1 amide bonds. The minimum absolute atomic E-state index is 0.00831. The third-order valence-electron chi connectivity index (χ3n) is 7.30. The van der Waals surface area contributed by atoms with Gasteiger partial charge in [0, 0.05) is 30.2 Å². The Bertz CT molecular complexity index is 1260. The van der Waals surface area contributed by atoms with Crippen molar-refractivity contribution in [2.75, 3.05) is 42.0 Å². The average molecular weight is 539 g/mol. The molecule has 2 aliphatic rings. The highest BCUT2D eigenvalue weighted by atomic mass is 35.5. The van der Waals surface area contributed by atoms with Crippen molar-refractivity contribution in [1.82, 2.24) is 9.97 Å². The van der Waals surface area contributed by atoms with E-state index in [2.05, 4.69) is 57.0 Å². The first kappa shape index (κ1) is 25.6. The summed E-state index contributed by atoms with van der Waals surface area (Å²) in [5.74, 6) is 1.05. The molecule has 2 aromatic carbocycles. The zero-order chi connectivity index (χ0) is 26.0. The first-order chi connectivity index (χ1) is 17.8. The predicted molar refractivity (Wildman–Crippen MR) is 152 cm³/mol. The molecule has 10 heteroatoms. The van der Waals surface area contributed by atoms with Gasteiger partial charge in [-0.25, -0.2) is 9.78 Å². The van der Waals surface area contributed by atoms with Gasteiger partial charge in [0.25, 0.3) is 0 Å². The van der Waals surface area contributed by atoms with Gasteiger partial charge in [-0.2, -0.15) is 4.98 Å². The van der Waals surface area contributed by atoms with Gasteiger partial charge in [-0.15, -0.1) is 0 Å². The SMILES string of the molecule is CP(C)c1ccccc1Nc1nc(Nc2ccc(N3CCC4(CC3)CC(OC(N)=O)C4)cc2)ncc1Cl. The Morgan fingerprint density at radius 2 is 1.81 bits per heavy atom. The summed E-state index contributed by atoms with van der Waals surface area (Å²) >= 11 is 6.41. The van der Waals surface area contributed by atoms with Crippen LogP contribution in [0.2, 0.25) is 5.02 Å². The number of rotatable bonds is 7. The highest BCUT2D eigenvalue weighted by Crippen LogP contribution is 2.50. The fraction of sp³-hybridized carbons (Fsp3) is 0.370. The van der Waals surface area contributed by atoms with Crippen LogP contribution in [0.3, 0.4) is 0 Å². The molecule has 1 aliphatic carbocycles. The monoisotopic (exact) mass is 538 g/mol. The Morgan fingerprint density at radius 1 is 1.11 bits per heavy atom. The number of halogens is 1.